The molecule has 6 heteroatoms. The molecule has 0 saturated carbocycles. The van der Waals surface area contributed by atoms with Crippen LogP contribution in [0.15, 0.2) is 54.6 Å². The highest BCUT2D eigenvalue weighted by molar-refractivity contribution is 5.89. The first-order chi connectivity index (χ1) is 14.2. The predicted molar refractivity (Wildman–Crippen MR) is 114 cm³/mol. The number of ether oxygens (including phenoxy) is 1. The Morgan fingerprint density at radius 2 is 1.66 bits per heavy atom. The van der Waals surface area contributed by atoms with Crippen molar-refractivity contribution >= 4 is 17.7 Å². The van der Waals surface area contributed by atoms with Crippen LogP contribution in [0.25, 0.3) is 0 Å². The highest BCUT2D eigenvalue weighted by Crippen LogP contribution is 2.18. The summed E-state index contributed by atoms with van der Waals surface area (Å²) in [6.45, 7) is 5.77. The molecule has 0 atom stereocenters. The van der Waals surface area contributed by atoms with Gasteiger partial charge in [-0.2, -0.15) is 0 Å². The Hall–Kier alpha value is -3.02. The van der Waals surface area contributed by atoms with Gasteiger partial charge in [0.1, 0.15) is 0 Å². The molecular weight excluding hydrogens is 366 g/mol. The molecule has 0 spiro atoms. The SMILES string of the molecule is CCOC(=O)c1ccc(N2CCN(C(=O)NCCCc3ccccc3)CC2)cc1. The van der Waals surface area contributed by atoms with E-state index in [-0.39, 0.29) is 12.0 Å². The topological polar surface area (TPSA) is 61.9 Å². The molecule has 2 aromatic rings. The lowest BCUT2D eigenvalue weighted by molar-refractivity contribution is 0.0526. The van der Waals surface area contributed by atoms with Crippen molar-refractivity contribution in [1.29, 1.82) is 0 Å². The van der Waals surface area contributed by atoms with Crippen molar-refractivity contribution in [2.45, 2.75) is 19.8 Å². The number of benzene rings is 2. The number of urea groups is 1. The molecule has 0 unspecified atom stereocenters. The van der Waals surface area contributed by atoms with Gasteiger partial charge in [0, 0.05) is 38.4 Å². The Balaban J connectivity index is 1.39. The molecule has 0 radical (unpaired) electrons. The molecule has 154 valence electrons. The van der Waals surface area contributed by atoms with E-state index in [1.54, 1.807) is 19.1 Å². The average Bonchev–Trinajstić information content (AvgIpc) is 2.78. The Labute approximate surface area is 172 Å². The summed E-state index contributed by atoms with van der Waals surface area (Å²) >= 11 is 0. The molecule has 2 aromatic carbocycles. The van der Waals surface area contributed by atoms with Crippen LogP contribution in [0.5, 0.6) is 0 Å². The van der Waals surface area contributed by atoms with E-state index in [9.17, 15) is 9.59 Å². The summed E-state index contributed by atoms with van der Waals surface area (Å²) < 4.78 is 5.02. The van der Waals surface area contributed by atoms with Gasteiger partial charge in [-0.05, 0) is 49.6 Å². The molecule has 3 rings (SSSR count). The van der Waals surface area contributed by atoms with E-state index in [4.69, 9.17) is 4.74 Å². The van der Waals surface area contributed by atoms with Crippen LogP contribution in [-0.2, 0) is 11.2 Å². The molecule has 0 aliphatic carbocycles. The molecule has 0 aromatic heterocycles. The number of amides is 2. The Morgan fingerprint density at radius 3 is 2.31 bits per heavy atom. The Kier molecular flexibility index (Phi) is 7.50. The minimum absolute atomic E-state index is 0.00960. The van der Waals surface area contributed by atoms with Gasteiger partial charge >= 0.3 is 12.0 Å². The lowest BCUT2D eigenvalue weighted by Gasteiger charge is -2.36. The number of carbonyl (C=O) groups is 2. The fourth-order valence-corrected chi connectivity index (χ4v) is 3.43. The quantitative estimate of drug-likeness (QED) is 0.577. The molecule has 29 heavy (non-hydrogen) atoms. The highest BCUT2D eigenvalue weighted by Gasteiger charge is 2.21. The van der Waals surface area contributed by atoms with Gasteiger partial charge in [0.05, 0.1) is 12.2 Å². The van der Waals surface area contributed by atoms with Gasteiger partial charge in [-0.3, -0.25) is 0 Å². The van der Waals surface area contributed by atoms with Crippen molar-refractivity contribution in [2.75, 3.05) is 44.2 Å². The van der Waals surface area contributed by atoms with E-state index < -0.39 is 0 Å². The number of piperazine rings is 1. The van der Waals surface area contributed by atoms with Gasteiger partial charge in [0.2, 0.25) is 0 Å². The fourth-order valence-electron chi connectivity index (χ4n) is 3.43. The number of hydrogen-bond acceptors (Lipinski definition) is 4. The Bertz CT molecular complexity index is 785. The zero-order valence-corrected chi connectivity index (χ0v) is 17.0. The second-order valence-electron chi connectivity index (χ2n) is 7.06. The molecule has 1 heterocycles. The number of esters is 1. The minimum atomic E-state index is -0.298. The molecule has 1 aliphatic rings. The number of anilines is 1. The first-order valence-electron chi connectivity index (χ1n) is 10.3. The molecule has 0 bridgehead atoms. The zero-order valence-electron chi connectivity index (χ0n) is 17.0. The summed E-state index contributed by atoms with van der Waals surface area (Å²) in [4.78, 5) is 28.2. The predicted octanol–water partition coefficient (Wildman–Crippen LogP) is 3.33. The van der Waals surface area contributed by atoms with Crippen molar-refractivity contribution in [3.63, 3.8) is 0 Å². The van der Waals surface area contributed by atoms with Crippen molar-refractivity contribution < 1.29 is 14.3 Å². The van der Waals surface area contributed by atoms with Crippen LogP contribution in [0.2, 0.25) is 0 Å². The highest BCUT2D eigenvalue weighted by atomic mass is 16.5. The third-order valence-electron chi connectivity index (χ3n) is 5.07. The van der Waals surface area contributed by atoms with Crippen LogP contribution in [0.1, 0.15) is 29.3 Å². The van der Waals surface area contributed by atoms with Crippen molar-refractivity contribution in [3.8, 4) is 0 Å². The standard InChI is InChI=1S/C23H29N3O3/c1-2-29-22(27)20-10-12-21(13-11-20)25-15-17-26(18-16-25)23(28)24-14-6-9-19-7-4-3-5-8-19/h3-5,7-8,10-13H,2,6,9,14-18H2,1H3,(H,24,28). The molecule has 1 N–H and O–H groups in total. The van der Waals surface area contributed by atoms with Crippen molar-refractivity contribution in [2.24, 2.45) is 0 Å². The van der Waals surface area contributed by atoms with Crippen LogP contribution >= 0.6 is 0 Å². The van der Waals surface area contributed by atoms with Gasteiger partial charge in [-0.1, -0.05) is 30.3 Å². The smallest absolute Gasteiger partial charge is 0.338 e. The summed E-state index contributed by atoms with van der Waals surface area (Å²) in [7, 11) is 0. The van der Waals surface area contributed by atoms with Gasteiger partial charge in [0.15, 0.2) is 0 Å². The van der Waals surface area contributed by atoms with Crippen LogP contribution in [-0.4, -0.2) is 56.2 Å². The van der Waals surface area contributed by atoms with Crippen LogP contribution in [0.3, 0.4) is 0 Å². The summed E-state index contributed by atoms with van der Waals surface area (Å²) in [6.07, 6.45) is 1.90. The van der Waals surface area contributed by atoms with E-state index in [1.807, 2.05) is 35.2 Å². The van der Waals surface area contributed by atoms with E-state index in [0.29, 0.717) is 31.8 Å². The number of aryl methyl sites for hydroxylation is 1. The third kappa shape index (κ3) is 5.98. The minimum Gasteiger partial charge on any atom is -0.462 e. The molecular formula is C23H29N3O3. The van der Waals surface area contributed by atoms with Crippen LogP contribution < -0.4 is 10.2 Å². The summed E-state index contributed by atoms with van der Waals surface area (Å²) in [5.41, 5.74) is 2.91. The lowest BCUT2D eigenvalue weighted by Crippen LogP contribution is -2.52. The van der Waals surface area contributed by atoms with Gasteiger partial charge in [-0.15, -0.1) is 0 Å². The largest absolute Gasteiger partial charge is 0.462 e. The number of carbonyl (C=O) groups excluding carboxylic acids is 2. The maximum absolute atomic E-state index is 12.4. The molecule has 6 nitrogen and oxygen atoms in total. The Morgan fingerprint density at radius 1 is 0.966 bits per heavy atom. The maximum Gasteiger partial charge on any atom is 0.338 e. The lowest BCUT2D eigenvalue weighted by atomic mass is 10.1. The van der Waals surface area contributed by atoms with Gasteiger partial charge in [-0.25, -0.2) is 9.59 Å². The van der Waals surface area contributed by atoms with E-state index in [2.05, 4.69) is 22.3 Å². The van der Waals surface area contributed by atoms with E-state index >= 15 is 0 Å². The second-order valence-corrected chi connectivity index (χ2v) is 7.06. The van der Waals surface area contributed by atoms with Crippen LogP contribution in [0, 0.1) is 0 Å². The zero-order chi connectivity index (χ0) is 20.5. The van der Waals surface area contributed by atoms with Gasteiger partial charge < -0.3 is 19.9 Å². The fraction of sp³-hybridized carbons (Fsp3) is 0.391. The van der Waals surface area contributed by atoms with E-state index in [1.165, 1.54) is 5.56 Å². The number of nitrogens with one attached hydrogen (secondary N) is 1. The average molecular weight is 396 g/mol. The van der Waals surface area contributed by atoms with Crippen molar-refractivity contribution in [3.05, 3.63) is 65.7 Å². The van der Waals surface area contributed by atoms with Crippen molar-refractivity contribution in [1.82, 2.24) is 10.2 Å². The molecule has 1 saturated heterocycles. The molecule has 1 fully saturated rings. The third-order valence-corrected chi connectivity index (χ3v) is 5.07. The number of hydrogen-bond donors (Lipinski definition) is 1. The summed E-state index contributed by atoms with van der Waals surface area (Å²) in [6, 6.07) is 17.8. The molecule has 1 aliphatic heterocycles. The van der Waals surface area contributed by atoms with E-state index in [0.717, 1.165) is 31.6 Å². The monoisotopic (exact) mass is 395 g/mol. The summed E-state index contributed by atoms with van der Waals surface area (Å²) in [5.74, 6) is -0.298. The van der Waals surface area contributed by atoms with Gasteiger partial charge in [0.25, 0.3) is 0 Å². The van der Waals surface area contributed by atoms with Crippen LogP contribution in [0.4, 0.5) is 10.5 Å². The number of rotatable bonds is 7. The first-order valence-corrected chi connectivity index (χ1v) is 10.3. The second kappa shape index (κ2) is 10.5. The molecule has 2 amide bonds. The maximum atomic E-state index is 12.4. The number of nitrogens with zero attached hydrogens (tertiary/aromatic N) is 2. The normalized spacial score (nSPS) is 13.8. The first kappa shape index (κ1) is 20.7. The summed E-state index contributed by atoms with van der Waals surface area (Å²) in [5, 5.41) is 3.03.